The molecule has 4 rings (SSSR count). The maximum atomic E-state index is 12.9. The topological polar surface area (TPSA) is 41.5 Å². The molecule has 3 aromatic carbocycles. The zero-order valence-corrected chi connectivity index (χ0v) is 18.1. The minimum Gasteiger partial charge on any atom is -0.273 e. The number of nitrogens with zero attached hydrogens (tertiary/aromatic N) is 1. The Balaban J connectivity index is 1.58. The second-order valence-electron chi connectivity index (χ2n) is 7.75. The van der Waals surface area contributed by atoms with Crippen LogP contribution >= 0.6 is 15.9 Å². The lowest BCUT2D eigenvalue weighted by molar-refractivity contribution is -0.122. The van der Waals surface area contributed by atoms with E-state index in [9.17, 15) is 4.79 Å². The van der Waals surface area contributed by atoms with Crippen LogP contribution in [0.15, 0.2) is 82.4 Å². The van der Waals surface area contributed by atoms with Gasteiger partial charge in [-0.05, 0) is 49.1 Å². The molecule has 1 fully saturated rings. The van der Waals surface area contributed by atoms with Crippen molar-refractivity contribution in [2.24, 2.45) is 11.0 Å². The van der Waals surface area contributed by atoms with Gasteiger partial charge in [-0.1, -0.05) is 87.7 Å². The average Bonchev–Trinajstić information content (AvgIpc) is 3.47. The van der Waals surface area contributed by atoms with Gasteiger partial charge in [-0.2, -0.15) is 5.10 Å². The zero-order chi connectivity index (χ0) is 20.4. The summed E-state index contributed by atoms with van der Waals surface area (Å²) in [5.41, 5.74) is 8.20. The summed E-state index contributed by atoms with van der Waals surface area (Å²) in [6.07, 6.45) is 2.47. The van der Waals surface area contributed by atoms with Crippen LogP contribution in [0.1, 0.15) is 34.2 Å². The highest BCUT2D eigenvalue weighted by Gasteiger charge is 2.60. The van der Waals surface area contributed by atoms with E-state index < -0.39 is 0 Å². The summed E-state index contributed by atoms with van der Waals surface area (Å²) in [4.78, 5) is 12.9. The van der Waals surface area contributed by atoms with Gasteiger partial charge in [0.2, 0.25) is 5.91 Å². The van der Waals surface area contributed by atoms with E-state index in [1.807, 2.05) is 24.3 Å². The minimum atomic E-state index is -0.282. The molecule has 3 nitrogen and oxygen atoms in total. The number of hydrogen-bond donors (Lipinski definition) is 1. The van der Waals surface area contributed by atoms with E-state index in [0.29, 0.717) is 0 Å². The van der Waals surface area contributed by atoms with Crippen LogP contribution in [-0.4, -0.2) is 12.1 Å². The number of amides is 1. The number of rotatable bonds is 5. The average molecular weight is 447 g/mol. The van der Waals surface area contributed by atoms with Crippen LogP contribution in [0.4, 0.5) is 0 Å². The number of carbonyl (C=O) groups is 1. The van der Waals surface area contributed by atoms with Gasteiger partial charge >= 0.3 is 0 Å². The number of hydrogen-bond acceptors (Lipinski definition) is 2. The highest BCUT2D eigenvalue weighted by Crippen LogP contribution is 2.59. The van der Waals surface area contributed by atoms with Crippen molar-refractivity contribution in [1.82, 2.24) is 5.43 Å². The van der Waals surface area contributed by atoms with Gasteiger partial charge in [-0.15, -0.1) is 0 Å². The van der Waals surface area contributed by atoms with E-state index in [0.717, 1.165) is 16.5 Å². The molecular formula is C25H23BrN2O. The summed E-state index contributed by atoms with van der Waals surface area (Å²) in [5, 5.41) is 4.18. The molecule has 1 aliphatic rings. The molecule has 0 radical (unpaired) electrons. The van der Waals surface area contributed by atoms with Crippen LogP contribution in [0.2, 0.25) is 0 Å². The lowest BCUT2D eigenvalue weighted by Crippen LogP contribution is -2.25. The number of hydrazone groups is 1. The number of benzene rings is 3. The molecule has 1 amide bonds. The second-order valence-corrected chi connectivity index (χ2v) is 8.67. The van der Waals surface area contributed by atoms with Crippen molar-refractivity contribution in [2.75, 3.05) is 0 Å². The van der Waals surface area contributed by atoms with Crippen LogP contribution in [0.5, 0.6) is 0 Å². The van der Waals surface area contributed by atoms with Crippen LogP contribution in [0, 0.1) is 19.8 Å². The monoisotopic (exact) mass is 446 g/mol. The molecule has 1 N–H and O–H groups in total. The van der Waals surface area contributed by atoms with Gasteiger partial charge in [-0.25, -0.2) is 5.43 Å². The Kier molecular flexibility index (Phi) is 5.37. The first-order valence-electron chi connectivity index (χ1n) is 9.72. The molecule has 3 aromatic rings. The summed E-state index contributed by atoms with van der Waals surface area (Å²) < 4.78 is 1.01. The fourth-order valence-electron chi connectivity index (χ4n) is 4.03. The molecule has 1 atom stereocenters. The van der Waals surface area contributed by atoms with E-state index in [-0.39, 0.29) is 17.2 Å². The number of carbonyl (C=O) groups excluding carboxylic acids is 1. The summed E-state index contributed by atoms with van der Waals surface area (Å²) in [6, 6.07) is 24.8. The molecule has 0 aliphatic heterocycles. The van der Waals surface area contributed by atoms with Crippen molar-refractivity contribution in [2.45, 2.75) is 25.7 Å². The predicted octanol–water partition coefficient (Wildman–Crippen LogP) is 5.52. The third kappa shape index (κ3) is 4.03. The van der Waals surface area contributed by atoms with E-state index in [4.69, 9.17) is 0 Å². The van der Waals surface area contributed by atoms with Gasteiger partial charge in [0.15, 0.2) is 0 Å². The van der Waals surface area contributed by atoms with Gasteiger partial charge in [-0.3, -0.25) is 4.79 Å². The van der Waals surface area contributed by atoms with Crippen LogP contribution in [-0.2, 0) is 10.2 Å². The van der Waals surface area contributed by atoms with Gasteiger partial charge in [0.05, 0.1) is 12.1 Å². The van der Waals surface area contributed by atoms with Crippen molar-refractivity contribution in [3.05, 3.63) is 105 Å². The summed E-state index contributed by atoms with van der Waals surface area (Å²) in [5.74, 6) is -0.172. The van der Waals surface area contributed by atoms with Crippen LogP contribution in [0.3, 0.4) is 0 Å². The van der Waals surface area contributed by atoms with Crippen molar-refractivity contribution in [3.63, 3.8) is 0 Å². The van der Waals surface area contributed by atoms with Crippen LogP contribution < -0.4 is 5.43 Å². The molecule has 0 saturated heterocycles. The largest absolute Gasteiger partial charge is 0.273 e. The fraction of sp³-hybridized carbons (Fsp3) is 0.200. The fourth-order valence-corrected chi connectivity index (χ4v) is 4.29. The first-order valence-corrected chi connectivity index (χ1v) is 10.5. The summed E-state index contributed by atoms with van der Waals surface area (Å²) in [6.45, 7) is 4.18. The second kappa shape index (κ2) is 7.96. The van der Waals surface area contributed by atoms with E-state index in [2.05, 4.69) is 88.8 Å². The minimum absolute atomic E-state index is 0.0404. The van der Waals surface area contributed by atoms with Gasteiger partial charge in [0, 0.05) is 9.89 Å². The standard InChI is InChI=1S/C25H23BrN2O/c1-17-5-3-7-20(13-17)25(21-8-4-6-18(2)14-21)15-23(25)24(29)28-27-16-19-9-11-22(26)12-10-19/h3-14,16,23H,15H2,1-2H3,(H,28,29). The van der Waals surface area contributed by atoms with Crippen LogP contribution in [0.25, 0.3) is 0 Å². The molecule has 1 aliphatic carbocycles. The first kappa shape index (κ1) is 19.6. The van der Waals surface area contributed by atoms with Crippen molar-refractivity contribution in [3.8, 4) is 0 Å². The molecular weight excluding hydrogens is 424 g/mol. The maximum absolute atomic E-state index is 12.9. The lowest BCUT2D eigenvalue weighted by Gasteiger charge is -2.19. The summed E-state index contributed by atoms with van der Waals surface area (Å²) >= 11 is 3.42. The van der Waals surface area contributed by atoms with Gasteiger partial charge < -0.3 is 0 Å². The third-order valence-corrected chi connectivity index (χ3v) is 6.13. The normalized spacial score (nSPS) is 17.3. The van der Waals surface area contributed by atoms with Crippen molar-refractivity contribution < 1.29 is 4.79 Å². The third-order valence-electron chi connectivity index (χ3n) is 5.60. The Bertz CT molecular complexity index is 1030. The van der Waals surface area contributed by atoms with Crippen molar-refractivity contribution >= 4 is 28.1 Å². The smallest absolute Gasteiger partial charge is 0.244 e. The first-order chi connectivity index (χ1) is 14.0. The molecule has 4 heteroatoms. The van der Waals surface area contributed by atoms with E-state index in [1.165, 1.54) is 22.3 Å². The zero-order valence-electron chi connectivity index (χ0n) is 16.5. The van der Waals surface area contributed by atoms with Crippen molar-refractivity contribution in [1.29, 1.82) is 0 Å². The maximum Gasteiger partial charge on any atom is 0.244 e. The molecule has 0 bridgehead atoms. The predicted molar refractivity (Wildman–Crippen MR) is 121 cm³/mol. The molecule has 1 saturated carbocycles. The molecule has 0 spiro atoms. The Morgan fingerprint density at radius 1 is 1.00 bits per heavy atom. The Hall–Kier alpha value is -2.72. The summed E-state index contributed by atoms with van der Waals surface area (Å²) in [7, 11) is 0. The molecule has 0 heterocycles. The Labute approximate surface area is 180 Å². The molecule has 29 heavy (non-hydrogen) atoms. The SMILES string of the molecule is Cc1cccc(C2(c3cccc(C)c3)CC2C(=O)NN=Cc2ccc(Br)cc2)c1. The highest BCUT2D eigenvalue weighted by molar-refractivity contribution is 9.10. The molecule has 1 unspecified atom stereocenters. The molecule has 0 aromatic heterocycles. The quantitative estimate of drug-likeness (QED) is 0.406. The number of nitrogens with one attached hydrogen (secondary N) is 1. The number of halogens is 1. The van der Waals surface area contributed by atoms with Gasteiger partial charge in [0.25, 0.3) is 0 Å². The molecule has 146 valence electrons. The lowest BCUT2D eigenvalue weighted by atomic mass is 9.84. The Morgan fingerprint density at radius 3 is 2.14 bits per heavy atom. The van der Waals surface area contributed by atoms with E-state index >= 15 is 0 Å². The van der Waals surface area contributed by atoms with E-state index in [1.54, 1.807) is 6.21 Å². The number of aryl methyl sites for hydroxylation is 2. The van der Waals surface area contributed by atoms with Gasteiger partial charge in [0.1, 0.15) is 0 Å². The highest BCUT2D eigenvalue weighted by atomic mass is 79.9. The Morgan fingerprint density at radius 2 is 1.59 bits per heavy atom.